The fraction of sp³-hybridized carbons (Fsp3) is 0.100. The van der Waals surface area contributed by atoms with E-state index in [2.05, 4.69) is 32.9 Å². The van der Waals surface area contributed by atoms with Gasteiger partial charge in [-0.3, -0.25) is 14.7 Å². The smallest absolute Gasteiger partial charge is 0.274 e. The quantitative estimate of drug-likeness (QED) is 0.564. The highest BCUT2D eigenvalue weighted by Crippen LogP contribution is 2.16. The van der Waals surface area contributed by atoms with Crippen LogP contribution in [0.1, 0.15) is 5.56 Å². The highest BCUT2D eigenvalue weighted by atomic mass is 79.9. The van der Waals surface area contributed by atoms with E-state index in [1.165, 1.54) is 4.68 Å². The Kier molecular flexibility index (Phi) is 5.93. The highest BCUT2D eigenvalue weighted by molar-refractivity contribution is 9.10. The number of nitrogens with one attached hydrogen (secondary N) is 2. The molecule has 138 valence electrons. The van der Waals surface area contributed by atoms with Crippen molar-refractivity contribution < 1.29 is 9.53 Å². The summed E-state index contributed by atoms with van der Waals surface area (Å²) in [4.78, 5) is 24.8. The number of carbonyl (C=O) groups excluding carboxylic acids is 1. The number of halogens is 1. The molecule has 1 aromatic heterocycles. The molecule has 0 spiro atoms. The van der Waals surface area contributed by atoms with E-state index in [0.717, 1.165) is 4.47 Å². The zero-order valence-electron chi connectivity index (χ0n) is 14.4. The minimum atomic E-state index is -0.270. The lowest BCUT2D eigenvalue weighted by molar-refractivity contribution is -0.115. The van der Waals surface area contributed by atoms with Crippen LogP contribution in [0.25, 0.3) is 5.69 Å². The van der Waals surface area contributed by atoms with Crippen LogP contribution < -0.4 is 15.6 Å². The SMILES string of the molecule is C=CCOc1ccc(NC(=O)Cc2c[nH]n(-c3ccc(Br)cc3)c2=O)cc1. The number of H-pyrrole nitrogens is 1. The third-order valence-electron chi connectivity index (χ3n) is 3.79. The highest BCUT2D eigenvalue weighted by Gasteiger charge is 2.12. The lowest BCUT2D eigenvalue weighted by atomic mass is 10.2. The topological polar surface area (TPSA) is 76.1 Å². The Morgan fingerprint density at radius 3 is 2.56 bits per heavy atom. The summed E-state index contributed by atoms with van der Waals surface area (Å²) >= 11 is 3.36. The average Bonchev–Trinajstić information content (AvgIpc) is 3.02. The molecule has 27 heavy (non-hydrogen) atoms. The Hall–Kier alpha value is -3.06. The zero-order valence-corrected chi connectivity index (χ0v) is 16.0. The largest absolute Gasteiger partial charge is 0.490 e. The summed E-state index contributed by atoms with van der Waals surface area (Å²) in [6, 6.07) is 14.3. The predicted molar refractivity (Wildman–Crippen MR) is 109 cm³/mol. The van der Waals surface area contributed by atoms with Crippen LogP contribution >= 0.6 is 15.9 Å². The summed E-state index contributed by atoms with van der Waals surface area (Å²) in [6.07, 6.45) is 3.19. The van der Waals surface area contributed by atoms with E-state index in [-0.39, 0.29) is 17.9 Å². The first-order valence-electron chi connectivity index (χ1n) is 8.25. The monoisotopic (exact) mass is 427 g/mol. The van der Waals surface area contributed by atoms with Crippen LogP contribution in [0, 0.1) is 0 Å². The van der Waals surface area contributed by atoms with E-state index in [4.69, 9.17) is 4.74 Å². The van der Waals surface area contributed by atoms with Gasteiger partial charge in [-0.05, 0) is 48.5 Å². The third kappa shape index (κ3) is 4.77. The number of aromatic amines is 1. The van der Waals surface area contributed by atoms with E-state index >= 15 is 0 Å². The van der Waals surface area contributed by atoms with Gasteiger partial charge in [0.2, 0.25) is 5.91 Å². The van der Waals surface area contributed by atoms with Crippen LogP contribution in [-0.4, -0.2) is 22.3 Å². The van der Waals surface area contributed by atoms with Gasteiger partial charge in [0.1, 0.15) is 12.4 Å². The van der Waals surface area contributed by atoms with Gasteiger partial charge in [0.15, 0.2) is 0 Å². The summed E-state index contributed by atoms with van der Waals surface area (Å²) in [5, 5.41) is 5.66. The second-order valence-corrected chi connectivity index (χ2v) is 6.68. The number of benzene rings is 2. The maximum Gasteiger partial charge on any atom is 0.274 e. The number of hydrogen-bond acceptors (Lipinski definition) is 3. The normalized spacial score (nSPS) is 10.4. The lowest BCUT2D eigenvalue weighted by Crippen LogP contribution is -2.22. The van der Waals surface area contributed by atoms with Gasteiger partial charge < -0.3 is 10.1 Å². The third-order valence-corrected chi connectivity index (χ3v) is 4.32. The Labute approximate surface area is 164 Å². The molecule has 0 radical (unpaired) electrons. The number of nitrogens with zero attached hydrogens (tertiary/aromatic N) is 1. The Morgan fingerprint density at radius 2 is 1.89 bits per heavy atom. The van der Waals surface area contributed by atoms with Crippen molar-refractivity contribution in [1.82, 2.24) is 9.78 Å². The molecule has 3 rings (SSSR count). The van der Waals surface area contributed by atoms with Crippen molar-refractivity contribution in [2.45, 2.75) is 6.42 Å². The van der Waals surface area contributed by atoms with Gasteiger partial charge in [0.25, 0.3) is 5.56 Å². The van der Waals surface area contributed by atoms with Gasteiger partial charge >= 0.3 is 0 Å². The van der Waals surface area contributed by atoms with Crippen molar-refractivity contribution in [3.8, 4) is 11.4 Å². The summed E-state index contributed by atoms with van der Waals surface area (Å²) in [5.74, 6) is 0.421. The van der Waals surface area contributed by atoms with Crippen molar-refractivity contribution in [3.63, 3.8) is 0 Å². The van der Waals surface area contributed by atoms with Gasteiger partial charge in [-0.15, -0.1) is 0 Å². The number of carbonyl (C=O) groups is 1. The molecule has 0 aliphatic rings. The number of hydrogen-bond donors (Lipinski definition) is 2. The standard InChI is InChI=1S/C20H18BrN3O3/c1-2-11-27-18-9-5-16(6-10-18)23-19(25)12-14-13-22-24(20(14)26)17-7-3-15(21)4-8-17/h2-10,13,22H,1,11-12H2,(H,23,25). The second-order valence-electron chi connectivity index (χ2n) is 5.76. The molecular weight excluding hydrogens is 410 g/mol. The summed E-state index contributed by atoms with van der Waals surface area (Å²) in [5.41, 5.74) is 1.47. The van der Waals surface area contributed by atoms with Crippen LogP contribution in [0.5, 0.6) is 5.75 Å². The van der Waals surface area contributed by atoms with Gasteiger partial charge in [0, 0.05) is 21.9 Å². The first kappa shape index (κ1) is 18.7. The molecule has 0 bridgehead atoms. The van der Waals surface area contributed by atoms with Crippen molar-refractivity contribution in [1.29, 1.82) is 0 Å². The minimum absolute atomic E-state index is 0.0203. The number of anilines is 1. The maximum atomic E-state index is 12.5. The molecule has 2 N–H and O–H groups in total. The molecule has 0 aliphatic heterocycles. The van der Waals surface area contributed by atoms with E-state index in [1.54, 1.807) is 36.5 Å². The number of rotatable bonds is 7. The molecular formula is C20H18BrN3O3. The van der Waals surface area contributed by atoms with Crippen LogP contribution in [0.4, 0.5) is 5.69 Å². The Balaban J connectivity index is 1.65. The molecule has 3 aromatic rings. The van der Waals surface area contributed by atoms with Crippen LogP contribution in [0.3, 0.4) is 0 Å². The lowest BCUT2D eigenvalue weighted by Gasteiger charge is -2.06. The first-order chi connectivity index (χ1) is 13.1. The van der Waals surface area contributed by atoms with E-state index in [9.17, 15) is 9.59 Å². The van der Waals surface area contributed by atoms with Crippen molar-refractivity contribution in [2.24, 2.45) is 0 Å². The average molecular weight is 428 g/mol. The van der Waals surface area contributed by atoms with Crippen LogP contribution in [-0.2, 0) is 11.2 Å². The molecule has 6 nitrogen and oxygen atoms in total. The summed E-state index contributed by atoms with van der Waals surface area (Å²) in [6.45, 7) is 4.01. The summed E-state index contributed by atoms with van der Waals surface area (Å²) in [7, 11) is 0. The van der Waals surface area contributed by atoms with E-state index in [1.807, 2.05) is 24.3 Å². The van der Waals surface area contributed by atoms with E-state index in [0.29, 0.717) is 29.3 Å². The fourth-order valence-corrected chi connectivity index (χ4v) is 2.75. The molecule has 0 aliphatic carbocycles. The van der Waals surface area contributed by atoms with Crippen molar-refractivity contribution in [3.05, 3.63) is 87.8 Å². The first-order valence-corrected chi connectivity index (χ1v) is 9.05. The number of ether oxygens (including phenoxy) is 1. The molecule has 7 heteroatoms. The molecule has 0 saturated heterocycles. The summed E-state index contributed by atoms with van der Waals surface area (Å²) < 4.78 is 7.72. The molecule has 1 heterocycles. The molecule has 2 aromatic carbocycles. The van der Waals surface area contributed by atoms with Gasteiger partial charge in [-0.25, -0.2) is 4.68 Å². The maximum absolute atomic E-state index is 12.5. The molecule has 0 fully saturated rings. The molecule has 0 saturated carbocycles. The molecule has 0 atom stereocenters. The van der Waals surface area contributed by atoms with E-state index < -0.39 is 0 Å². The number of amides is 1. The van der Waals surface area contributed by atoms with Crippen molar-refractivity contribution >= 4 is 27.5 Å². The van der Waals surface area contributed by atoms with Crippen LogP contribution in [0.15, 0.2) is 76.6 Å². The van der Waals surface area contributed by atoms with Gasteiger partial charge in [-0.1, -0.05) is 28.6 Å². The van der Waals surface area contributed by atoms with Crippen LogP contribution in [0.2, 0.25) is 0 Å². The van der Waals surface area contributed by atoms with Crippen molar-refractivity contribution in [2.75, 3.05) is 11.9 Å². The fourth-order valence-electron chi connectivity index (χ4n) is 2.48. The second kappa shape index (κ2) is 8.55. The van der Waals surface area contributed by atoms with Gasteiger partial charge in [0.05, 0.1) is 12.1 Å². The molecule has 0 unspecified atom stereocenters. The minimum Gasteiger partial charge on any atom is -0.490 e. The Morgan fingerprint density at radius 1 is 1.19 bits per heavy atom. The number of aromatic nitrogens is 2. The molecule has 1 amide bonds. The zero-order chi connectivity index (χ0) is 19.2. The Bertz CT molecular complexity index is 989. The predicted octanol–water partition coefficient (Wildman–Crippen LogP) is 3.67. The van der Waals surface area contributed by atoms with Gasteiger partial charge in [-0.2, -0.15) is 0 Å².